The molecule has 0 bridgehead atoms. The van der Waals surface area contributed by atoms with E-state index >= 15 is 0 Å². The van der Waals surface area contributed by atoms with E-state index in [0.29, 0.717) is 0 Å². The minimum absolute atomic E-state index is 1.03. The zero-order valence-corrected chi connectivity index (χ0v) is 40.0. The normalized spacial score (nSPS) is 14.2. The highest BCUT2D eigenvalue weighted by molar-refractivity contribution is 5.90. The van der Waals surface area contributed by atoms with Crippen molar-refractivity contribution in [3.8, 4) is 0 Å². The van der Waals surface area contributed by atoms with Crippen LogP contribution in [0.15, 0.2) is 129 Å². The van der Waals surface area contributed by atoms with Crippen LogP contribution in [0.1, 0.15) is 194 Å². The second-order valence-electron chi connectivity index (χ2n) is 18.1. The third kappa shape index (κ3) is 21.4. The average Bonchev–Trinajstić information content (AvgIpc) is 3.17. The van der Waals surface area contributed by atoms with Crippen LogP contribution >= 0.6 is 0 Å². The van der Waals surface area contributed by atoms with Crippen LogP contribution < -0.4 is 0 Å². The summed E-state index contributed by atoms with van der Waals surface area (Å²) in [5, 5.41) is 2.80. The molecule has 0 nitrogen and oxygen atoms in total. The Kier molecular flexibility index (Phi) is 25.0. The molecule has 0 fully saturated rings. The number of benzene rings is 2. The summed E-state index contributed by atoms with van der Waals surface area (Å²) in [6.07, 6.45) is 41.7. The zero-order chi connectivity index (χ0) is 42.9. The Bertz CT molecular complexity index is 1840. The van der Waals surface area contributed by atoms with E-state index in [2.05, 4.69) is 169 Å². The average molecular weight is 783 g/mol. The van der Waals surface area contributed by atoms with Crippen LogP contribution in [0.5, 0.6) is 0 Å². The summed E-state index contributed by atoms with van der Waals surface area (Å²) in [5.74, 6) is 0. The highest BCUT2D eigenvalue weighted by atomic mass is 14.2. The Labute approximate surface area is 359 Å². The molecule has 0 aromatic heterocycles. The van der Waals surface area contributed by atoms with E-state index in [0.717, 1.165) is 57.8 Å². The van der Waals surface area contributed by atoms with Crippen LogP contribution in [0, 0.1) is 20.8 Å². The van der Waals surface area contributed by atoms with Crippen molar-refractivity contribution < 1.29 is 0 Å². The quantitative estimate of drug-likeness (QED) is 0.0834. The van der Waals surface area contributed by atoms with E-state index in [1.165, 1.54) is 135 Å². The molecule has 0 heterocycles. The number of allylic oxidation sites excluding steroid dienone is 18. The van der Waals surface area contributed by atoms with Crippen LogP contribution in [0.4, 0.5) is 0 Å². The Morgan fingerprint density at radius 2 is 0.586 bits per heavy atom. The number of rotatable bonds is 26. The van der Waals surface area contributed by atoms with Gasteiger partial charge in [0.25, 0.3) is 0 Å². The van der Waals surface area contributed by atoms with Crippen molar-refractivity contribution in [1.82, 2.24) is 0 Å². The van der Waals surface area contributed by atoms with Crippen molar-refractivity contribution in [2.24, 2.45) is 0 Å². The van der Waals surface area contributed by atoms with Crippen LogP contribution in [-0.2, 0) is 6.42 Å². The molecule has 0 heteroatoms. The fourth-order valence-corrected chi connectivity index (χ4v) is 7.82. The molecule has 0 spiro atoms. The Morgan fingerprint density at radius 3 is 0.879 bits per heavy atom. The maximum Gasteiger partial charge on any atom is -0.00893 e. The van der Waals surface area contributed by atoms with Gasteiger partial charge in [-0.05, 0) is 232 Å². The van der Waals surface area contributed by atoms with Crippen molar-refractivity contribution in [1.29, 1.82) is 0 Å². The maximum atomic E-state index is 2.47. The van der Waals surface area contributed by atoms with Gasteiger partial charge in [-0.15, -0.1) is 0 Å². The first kappa shape index (κ1) is 50.5. The molecule has 2 aromatic rings. The Hall–Kier alpha value is -3.64. The first-order valence-corrected chi connectivity index (χ1v) is 23.0. The summed E-state index contributed by atoms with van der Waals surface area (Å²) >= 11 is 0. The molecular weight excluding hydrogens is 697 g/mol. The molecule has 0 N–H and O–H groups in total. The van der Waals surface area contributed by atoms with E-state index < -0.39 is 0 Å². The Balaban J connectivity index is 1.61. The number of hydrogen-bond acceptors (Lipinski definition) is 0. The summed E-state index contributed by atoms with van der Waals surface area (Å²) in [6.45, 7) is 29.7. The molecule has 0 radical (unpaired) electrons. The summed E-state index contributed by atoms with van der Waals surface area (Å²) in [5.41, 5.74) is 19.4. The van der Waals surface area contributed by atoms with Crippen molar-refractivity contribution >= 4 is 10.8 Å². The smallest absolute Gasteiger partial charge is 0.00893 e. The number of aryl methyl sites for hydroxylation is 2. The third-order valence-corrected chi connectivity index (χ3v) is 12.2. The van der Waals surface area contributed by atoms with Gasteiger partial charge < -0.3 is 0 Å². The molecule has 0 saturated carbocycles. The van der Waals surface area contributed by atoms with E-state index in [-0.39, 0.29) is 0 Å². The Morgan fingerprint density at radius 1 is 0.328 bits per heavy atom. The van der Waals surface area contributed by atoms with Gasteiger partial charge in [-0.25, -0.2) is 0 Å². The first-order chi connectivity index (χ1) is 27.7. The molecule has 0 atom stereocenters. The predicted octanol–water partition coefficient (Wildman–Crippen LogP) is 19.1. The standard InChI is InChI=1S/C58H86/c1-44(2)24-16-25-45(3)26-17-27-46(4)28-18-29-47(5)30-19-31-48(6)32-20-33-49(7)34-21-35-50(8)36-22-37-51(9)38-23-39-52(10)42-43-56-53(11)54(12)57-40-14-15-41-58(57)55(56)13/h14-15,24,26,28,30,32,34,36,38,40-42H,16-23,25,27,29,31,33,35,37,39,43H2,1-13H3/b45-26+,46-28+,47-30+,48-32+,49-34+,50-36+,51-38+,52-42+. The minimum Gasteiger partial charge on any atom is -0.0856 e. The lowest BCUT2D eigenvalue weighted by Crippen LogP contribution is -1.98. The third-order valence-electron chi connectivity index (χ3n) is 12.2. The van der Waals surface area contributed by atoms with Gasteiger partial charge in [-0.3, -0.25) is 0 Å². The highest BCUT2D eigenvalue weighted by Crippen LogP contribution is 2.30. The van der Waals surface area contributed by atoms with Gasteiger partial charge in [0.1, 0.15) is 0 Å². The van der Waals surface area contributed by atoms with Crippen molar-refractivity contribution in [3.05, 3.63) is 151 Å². The molecule has 0 saturated heterocycles. The van der Waals surface area contributed by atoms with Gasteiger partial charge in [0.05, 0.1) is 0 Å². The SMILES string of the molecule is CC(C)=CCC/C(C)=C/CC/C(C)=C/CC/C(C)=C/CC/C(C)=C/CC/C(C)=C/CC/C(C)=C/CC/C(C)=C/CC/C(C)=C/Cc1c(C)c(C)c2ccccc2c1C. The minimum atomic E-state index is 1.03. The summed E-state index contributed by atoms with van der Waals surface area (Å²) < 4.78 is 0. The van der Waals surface area contributed by atoms with Crippen LogP contribution in [-0.4, -0.2) is 0 Å². The van der Waals surface area contributed by atoms with Crippen LogP contribution in [0.2, 0.25) is 0 Å². The second-order valence-corrected chi connectivity index (χ2v) is 18.1. The van der Waals surface area contributed by atoms with Gasteiger partial charge in [0.15, 0.2) is 0 Å². The largest absolute Gasteiger partial charge is 0.0856 e. The lowest BCUT2D eigenvalue weighted by atomic mass is 9.89. The first-order valence-electron chi connectivity index (χ1n) is 23.0. The summed E-state index contributed by atoms with van der Waals surface area (Å²) in [6, 6.07) is 8.87. The van der Waals surface area contributed by atoms with Crippen molar-refractivity contribution in [2.45, 2.75) is 199 Å². The fourth-order valence-electron chi connectivity index (χ4n) is 7.82. The molecule has 318 valence electrons. The highest BCUT2D eigenvalue weighted by Gasteiger charge is 2.10. The molecule has 0 aliphatic rings. The molecule has 0 aliphatic heterocycles. The lowest BCUT2D eigenvalue weighted by Gasteiger charge is -2.16. The lowest BCUT2D eigenvalue weighted by molar-refractivity contribution is 0.880. The number of fused-ring (bicyclic) bond motifs is 1. The summed E-state index contributed by atoms with van der Waals surface area (Å²) in [7, 11) is 0. The van der Waals surface area contributed by atoms with Gasteiger partial charge >= 0.3 is 0 Å². The van der Waals surface area contributed by atoms with Gasteiger partial charge in [-0.2, -0.15) is 0 Å². The molecule has 0 amide bonds. The van der Waals surface area contributed by atoms with E-state index in [9.17, 15) is 0 Å². The maximum absolute atomic E-state index is 2.47. The van der Waals surface area contributed by atoms with Crippen molar-refractivity contribution in [2.75, 3.05) is 0 Å². The number of hydrogen-bond donors (Lipinski definition) is 0. The van der Waals surface area contributed by atoms with Gasteiger partial charge in [0, 0.05) is 0 Å². The second kappa shape index (κ2) is 28.7. The van der Waals surface area contributed by atoms with Gasteiger partial charge in [0.2, 0.25) is 0 Å². The molecule has 0 aliphatic carbocycles. The van der Waals surface area contributed by atoms with Gasteiger partial charge in [-0.1, -0.05) is 129 Å². The molecular formula is C58H86. The molecule has 2 aromatic carbocycles. The van der Waals surface area contributed by atoms with E-state index in [1.54, 1.807) is 0 Å². The monoisotopic (exact) mass is 783 g/mol. The van der Waals surface area contributed by atoms with E-state index in [4.69, 9.17) is 0 Å². The van der Waals surface area contributed by atoms with Crippen LogP contribution in [0.3, 0.4) is 0 Å². The fraction of sp³-hybridized carbons (Fsp3) is 0.517. The zero-order valence-electron chi connectivity index (χ0n) is 40.0. The molecule has 58 heavy (non-hydrogen) atoms. The summed E-state index contributed by atoms with van der Waals surface area (Å²) in [4.78, 5) is 0. The molecule has 0 unspecified atom stereocenters. The predicted molar refractivity (Wildman–Crippen MR) is 265 cm³/mol. The van der Waals surface area contributed by atoms with Crippen LogP contribution in [0.25, 0.3) is 10.8 Å². The van der Waals surface area contributed by atoms with Crippen molar-refractivity contribution in [3.63, 3.8) is 0 Å². The van der Waals surface area contributed by atoms with E-state index in [1.807, 2.05) is 0 Å². The molecule has 2 rings (SSSR count). The topological polar surface area (TPSA) is 0 Å².